The van der Waals surface area contributed by atoms with Gasteiger partial charge in [0.2, 0.25) is 0 Å². The molecule has 0 aliphatic carbocycles. The second kappa shape index (κ2) is 9.25. The highest BCUT2D eigenvalue weighted by molar-refractivity contribution is 5.98. The van der Waals surface area contributed by atoms with Crippen molar-refractivity contribution < 1.29 is 24.2 Å². The van der Waals surface area contributed by atoms with Crippen molar-refractivity contribution in [3.05, 3.63) is 29.8 Å². The monoisotopic (exact) mass is 389 g/mol. The molecular weight excluding hydrogens is 362 g/mol. The molecule has 0 atom stereocenters. The summed E-state index contributed by atoms with van der Waals surface area (Å²) < 4.78 is 10.4. The number of nitrogens with zero attached hydrogens (tertiary/aromatic N) is 1. The number of aromatic nitrogens is 1. The second-order valence-corrected chi connectivity index (χ2v) is 7.31. The number of carbonyl (C=O) groups excluding carboxylic acids is 1. The van der Waals surface area contributed by atoms with Crippen molar-refractivity contribution in [3.63, 3.8) is 0 Å². The van der Waals surface area contributed by atoms with E-state index in [1.807, 2.05) is 20.8 Å². The van der Waals surface area contributed by atoms with Crippen LogP contribution in [-0.2, 0) is 4.74 Å². The topological polar surface area (TPSA) is 110 Å². The van der Waals surface area contributed by atoms with Crippen LogP contribution in [-0.4, -0.2) is 48.0 Å². The van der Waals surface area contributed by atoms with Gasteiger partial charge in [0.05, 0.1) is 12.6 Å². The van der Waals surface area contributed by atoms with Gasteiger partial charge in [-0.1, -0.05) is 0 Å². The fourth-order valence-corrected chi connectivity index (χ4v) is 2.53. The van der Waals surface area contributed by atoms with E-state index in [1.165, 1.54) is 0 Å². The molecule has 8 nitrogen and oxygen atoms in total. The van der Waals surface area contributed by atoms with E-state index >= 15 is 0 Å². The molecule has 0 unspecified atom stereocenters. The van der Waals surface area contributed by atoms with Gasteiger partial charge in [0.15, 0.2) is 0 Å². The smallest absolute Gasteiger partial charge is 0.407 e. The quantitative estimate of drug-likeness (QED) is 0.591. The van der Waals surface area contributed by atoms with E-state index < -0.39 is 17.7 Å². The van der Waals surface area contributed by atoms with Gasteiger partial charge in [-0.15, -0.1) is 0 Å². The zero-order valence-electron chi connectivity index (χ0n) is 16.7. The number of hydrogen-bond acceptors (Lipinski definition) is 6. The predicted molar refractivity (Wildman–Crippen MR) is 107 cm³/mol. The third kappa shape index (κ3) is 6.29. The number of aromatic carboxylic acids is 1. The number of unbranched alkanes of at least 4 members (excludes halogenated alkanes) is 1. The molecule has 0 saturated carbocycles. The van der Waals surface area contributed by atoms with Crippen LogP contribution in [0.15, 0.2) is 24.3 Å². The second-order valence-electron chi connectivity index (χ2n) is 7.31. The van der Waals surface area contributed by atoms with Gasteiger partial charge in [0.1, 0.15) is 22.7 Å². The lowest BCUT2D eigenvalue weighted by Crippen LogP contribution is -2.33. The van der Waals surface area contributed by atoms with Crippen LogP contribution in [0.4, 0.5) is 10.6 Å². The molecule has 0 radical (unpaired) electrons. The summed E-state index contributed by atoms with van der Waals surface area (Å²) >= 11 is 0. The minimum Gasteiger partial charge on any atom is -0.497 e. The molecule has 0 aliphatic rings. The Morgan fingerprint density at radius 2 is 1.86 bits per heavy atom. The molecule has 1 amide bonds. The minimum absolute atomic E-state index is 0.115. The van der Waals surface area contributed by atoms with Gasteiger partial charge in [0, 0.05) is 24.5 Å². The van der Waals surface area contributed by atoms with Gasteiger partial charge in [-0.3, -0.25) is 0 Å². The number of amides is 1. The fourth-order valence-electron chi connectivity index (χ4n) is 2.53. The van der Waals surface area contributed by atoms with Gasteiger partial charge in [0.25, 0.3) is 0 Å². The highest BCUT2D eigenvalue weighted by Crippen LogP contribution is 2.24. The lowest BCUT2D eigenvalue weighted by atomic mass is 10.1. The van der Waals surface area contributed by atoms with Crippen molar-refractivity contribution in [1.82, 2.24) is 10.3 Å². The van der Waals surface area contributed by atoms with Crippen molar-refractivity contribution in [3.8, 4) is 5.75 Å². The van der Waals surface area contributed by atoms with Crippen molar-refractivity contribution in [1.29, 1.82) is 0 Å². The Bertz CT molecular complexity index is 846. The maximum atomic E-state index is 11.6. The summed E-state index contributed by atoms with van der Waals surface area (Å²) in [6, 6.07) is 6.90. The molecule has 1 aromatic heterocycles. The van der Waals surface area contributed by atoms with Crippen LogP contribution in [0.25, 0.3) is 10.9 Å². The molecule has 1 aromatic carbocycles. The first-order chi connectivity index (χ1) is 13.2. The number of anilines is 1. The molecule has 1 heterocycles. The molecular formula is C20H27N3O5. The van der Waals surface area contributed by atoms with Crippen LogP contribution in [0.3, 0.4) is 0 Å². The molecule has 3 N–H and O–H groups in total. The number of carboxylic acids is 1. The number of nitrogens with one attached hydrogen (secondary N) is 2. The number of ether oxygens (including phenoxy) is 2. The fraction of sp³-hybridized carbons (Fsp3) is 0.450. The summed E-state index contributed by atoms with van der Waals surface area (Å²) in [6.45, 7) is 6.43. The Morgan fingerprint density at radius 1 is 1.14 bits per heavy atom. The van der Waals surface area contributed by atoms with E-state index in [0.717, 1.165) is 18.2 Å². The van der Waals surface area contributed by atoms with E-state index in [9.17, 15) is 14.7 Å². The first kappa shape index (κ1) is 21.3. The Hall–Kier alpha value is -3.03. The van der Waals surface area contributed by atoms with E-state index in [-0.39, 0.29) is 5.56 Å². The molecule has 8 heteroatoms. The maximum absolute atomic E-state index is 11.6. The van der Waals surface area contributed by atoms with Crippen LogP contribution < -0.4 is 15.4 Å². The average Bonchev–Trinajstić information content (AvgIpc) is 2.61. The van der Waals surface area contributed by atoms with E-state index in [1.54, 1.807) is 31.4 Å². The number of hydrogen-bond donors (Lipinski definition) is 3. The zero-order chi connectivity index (χ0) is 20.7. The van der Waals surface area contributed by atoms with Crippen molar-refractivity contribution in [2.24, 2.45) is 0 Å². The van der Waals surface area contributed by atoms with E-state index in [0.29, 0.717) is 30.2 Å². The molecule has 152 valence electrons. The number of methoxy groups -OCH3 is 1. The van der Waals surface area contributed by atoms with Gasteiger partial charge >= 0.3 is 12.1 Å². The van der Waals surface area contributed by atoms with Gasteiger partial charge in [-0.25, -0.2) is 14.6 Å². The largest absolute Gasteiger partial charge is 0.497 e. The highest BCUT2D eigenvalue weighted by Gasteiger charge is 2.16. The maximum Gasteiger partial charge on any atom is 0.407 e. The first-order valence-corrected chi connectivity index (χ1v) is 9.12. The van der Waals surface area contributed by atoms with Crippen molar-refractivity contribution in [2.45, 2.75) is 39.2 Å². The summed E-state index contributed by atoms with van der Waals surface area (Å²) in [5, 5.41) is 15.9. The third-order valence-electron chi connectivity index (χ3n) is 3.82. The summed E-state index contributed by atoms with van der Waals surface area (Å²) in [7, 11) is 1.57. The Kier molecular flexibility index (Phi) is 7.03. The molecule has 2 rings (SSSR count). The van der Waals surface area contributed by atoms with Gasteiger partial charge in [-0.05, 0) is 51.8 Å². The van der Waals surface area contributed by atoms with Crippen LogP contribution in [0.1, 0.15) is 44.0 Å². The minimum atomic E-state index is -1.04. The van der Waals surface area contributed by atoms with Crippen molar-refractivity contribution >= 4 is 28.8 Å². The number of fused-ring (bicyclic) bond motifs is 1. The molecule has 0 aliphatic heterocycles. The number of carbonyl (C=O) groups is 2. The Balaban J connectivity index is 1.91. The number of carboxylic acid groups (broad SMARTS) is 1. The number of alkyl carbamates (subject to hydrolysis) is 1. The van der Waals surface area contributed by atoms with Crippen LogP contribution in [0.5, 0.6) is 5.75 Å². The van der Waals surface area contributed by atoms with Crippen LogP contribution in [0, 0.1) is 0 Å². The van der Waals surface area contributed by atoms with E-state index in [4.69, 9.17) is 9.47 Å². The van der Waals surface area contributed by atoms with Crippen molar-refractivity contribution in [2.75, 3.05) is 25.5 Å². The molecule has 0 bridgehead atoms. The van der Waals surface area contributed by atoms with Gasteiger partial charge in [-0.2, -0.15) is 0 Å². The number of pyridine rings is 1. The summed E-state index contributed by atoms with van der Waals surface area (Å²) in [5.41, 5.74) is 0.242. The third-order valence-corrected chi connectivity index (χ3v) is 3.82. The van der Waals surface area contributed by atoms with E-state index in [2.05, 4.69) is 15.6 Å². The molecule has 0 fully saturated rings. The molecule has 0 spiro atoms. The normalized spacial score (nSPS) is 11.1. The molecule has 2 aromatic rings. The van der Waals surface area contributed by atoms with Crippen LogP contribution >= 0.6 is 0 Å². The Morgan fingerprint density at radius 3 is 2.50 bits per heavy atom. The average molecular weight is 389 g/mol. The number of benzene rings is 1. The van der Waals surface area contributed by atoms with Crippen LogP contribution in [0.2, 0.25) is 0 Å². The lowest BCUT2D eigenvalue weighted by molar-refractivity contribution is 0.0526. The summed E-state index contributed by atoms with van der Waals surface area (Å²) in [6.07, 6.45) is 1.00. The summed E-state index contributed by atoms with van der Waals surface area (Å²) in [4.78, 5) is 27.6. The zero-order valence-corrected chi connectivity index (χ0v) is 16.7. The summed E-state index contributed by atoms with van der Waals surface area (Å²) in [5.74, 6) is -0.0742. The first-order valence-electron chi connectivity index (χ1n) is 9.12. The molecule has 28 heavy (non-hydrogen) atoms. The van der Waals surface area contributed by atoms with Gasteiger partial charge < -0.3 is 25.2 Å². The molecule has 0 saturated heterocycles. The lowest BCUT2D eigenvalue weighted by Gasteiger charge is -2.19. The standard InChI is InChI=1S/C20H27N3O5/c1-20(2,3)28-19(26)22-10-6-5-9-21-17-15(18(24)25)11-13-7-8-14(27-4)12-16(13)23-17/h7-8,11-12H,5-6,9-10H2,1-4H3,(H,21,23)(H,22,26)(H,24,25). The highest BCUT2D eigenvalue weighted by atomic mass is 16.6. The predicted octanol–water partition coefficient (Wildman–Crippen LogP) is 3.66. The SMILES string of the molecule is COc1ccc2cc(C(=O)O)c(NCCCCNC(=O)OC(C)(C)C)nc2c1. The number of rotatable bonds is 8. The Labute approximate surface area is 164 Å².